The van der Waals surface area contributed by atoms with Crippen molar-refractivity contribution in [3.8, 4) is 0 Å². The predicted octanol–water partition coefficient (Wildman–Crippen LogP) is 4.32. The number of morpholine rings is 1. The molecule has 0 aromatic rings. The third-order valence-electron chi connectivity index (χ3n) is 5.18. The fourth-order valence-electron chi connectivity index (χ4n) is 3.73. The number of nitrogens with zero attached hydrogens (tertiary/aromatic N) is 3. The van der Waals surface area contributed by atoms with Gasteiger partial charge in [-0.2, -0.15) is 0 Å². The second-order valence-electron chi connectivity index (χ2n) is 10.9. The van der Waals surface area contributed by atoms with E-state index >= 15 is 0 Å². The van der Waals surface area contributed by atoms with Gasteiger partial charge in [-0.3, -0.25) is 0 Å². The van der Waals surface area contributed by atoms with Gasteiger partial charge in [0.1, 0.15) is 23.9 Å². The van der Waals surface area contributed by atoms with Crippen LogP contribution in [0.3, 0.4) is 0 Å². The Kier molecular flexibility index (Phi) is 7.59. The van der Waals surface area contributed by atoms with Crippen molar-refractivity contribution >= 4 is 40.0 Å². The standard InChI is InChI=1S/C22H36BrN3O6/c1-13(2)15-11-30-16(27)14-10-22(9,12-23)26(19(29)32-21(6,7)8)17(25(14)15)24-18(28)31-20(3,4)5/h13-15H,10-12H2,1-9H3/b24-17+/t14-,15+,22+/m0/s1. The van der Waals surface area contributed by atoms with Crippen LogP contribution in [0.15, 0.2) is 4.99 Å². The van der Waals surface area contributed by atoms with Gasteiger partial charge in [-0.15, -0.1) is 4.99 Å². The first-order valence-corrected chi connectivity index (χ1v) is 12.0. The summed E-state index contributed by atoms with van der Waals surface area (Å²) >= 11 is 3.49. The summed E-state index contributed by atoms with van der Waals surface area (Å²) in [5.74, 6) is -0.305. The summed E-state index contributed by atoms with van der Waals surface area (Å²) < 4.78 is 16.6. The predicted molar refractivity (Wildman–Crippen MR) is 124 cm³/mol. The van der Waals surface area contributed by atoms with Crippen molar-refractivity contribution < 1.29 is 28.6 Å². The molecule has 0 aliphatic carbocycles. The first-order valence-electron chi connectivity index (χ1n) is 10.8. The first-order chi connectivity index (χ1) is 14.5. The molecular weight excluding hydrogens is 482 g/mol. The van der Waals surface area contributed by atoms with Crippen LogP contribution in [-0.4, -0.2) is 74.7 Å². The summed E-state index contributed by atoms with van der Waals surface area (Å²) in [7, 11) is 0. The summed E-state index contributed by atoms with van der Waals surface area (Å²) in [6.07, 6.45) is -1.21. The smallest absolute Gasteiger partial charge is 0.437 e. The number of aliphatic imine (C=N–C) groups is 1. The number of carbonyl (C=O) groups excluding carboxylic acids is 3. The van der Waals surface area contributed by atoms with E-state index in [4.69, 9.17) is 14.2 Å². The number of rotatable bonds is 2. The second-order valence-corrected chi connectivity index (χ2v) is 11.5. The van der Waals surface area contributed by atoms with Crippen molar-refractivity contribution in [3.63, 3.8) is 0 Å². The highest BCUT2D eigenvalue weighted by Gasteiger charge is 2.56. The lowest BCUT2D eigenvalue weighted by Crippen LogP contribution is -2.73. The summed E-state index contributed by atoms with van der Waals surface area (Å²) in [5, 5.41) is 0.330. The molecule has 0 saturated carbocycles. The van der Waals surface area contributed by atoms with Crippen molar-refractivity contribution in [1.29, 1.82) is 0 Å². The van der Waals surface area contributed by atoms with Crippen LogP contribution >= 0.6 is 15.9 Å². The topological polar surface area (TPSA) is 97.7 Å². The van der Waals surface area contributed by atoms with E-state index in [1.165, 1.54) is 4.90 Å². The number of alkyl halides is 1. The molecule has 9 nitrogen and oxygen atoms in total. The van der Waals surface area contributed by atoms with E-state index in [2.05, 4.69) is 20.9 Å². The van der Waals surface area contributed by atoms with Gasteiger partial charge in [-0.1, -0.05) is 29.8 Å². The van der Waals surface area contributed by atoms with E-state index in [-0.39, 0.29) is 30.9 Å². The molecule has 0 spiro atoms. The van der Waals surface area contributed by atoms with Gasteiger partial charge in [0.25, 0.3) is 0 Å². The van der Waals surface area contributed by atoms with Gasteiger partial charge in [0.2, 0.25) is 5.96 Å². The molecule has 0 aromatic heterocycles. The van der Waals surface area contributed by atoms with Gasteiger partial charge in [-0.05, 0) is 54.4 Å². The first kappa shape index (κ1) is 26.4. The highest BCUT2D eigenvalue weighted by molar-refractivity contribution is 9.09. The van der Waals surface area contributed by atoms with Crippen molar-refractivity contribution in [1.82, 2.24) is 9.80 Å². The minimum absolute atomic E-state index is 0.0436. The van der Waals surface area contributed by atoms with Gasteiger partial charge in [0, 0.05) is 11.8 Å². The molecule has 0 N–H and O–H groups in total. The Morgan fingerprint density at radius 1 is 1.19 bits per heavy atom. The van der Waals surface area contributed by atoms with Crippen LogP contribution in [0.2, 0.25) is 0 Å². The summed E-state index contributed by atoms with van der Waals surface area (Å²) in [5.41, 5.74) is -2.44. The van der Waals surface area contributed by atoms with Crippen LogP contribution in [0.4, 0.5) is 9.59 Å². The lowest BCUT2D eigenvalue weighted by atomic mass is 9.86. The molecule has 0 unspecified atom stereocenters. The van der Waals surface area contributed by atoms with E-state index in [0.717, 1.165) is 0 Å². The third-order valence-corrected chi connectivity index (χ3v) is 6.39. The van der Waals surface area contributed by atoms with E-state index in [1.807, 2.05) is 20.8 Å². The molecule has 3 atom stereocenters. The van der Waals surface area contributed by atoms with Gasteiger partial charge < -0.3 is 19.1 Å². The zero-order chi connectivity index (χ0) is 24.6. The monoisotopic (exact) mass is 517 g/mol. The number of amides is 2. The SMILES string of the molecule is CC(C)[C@H]1COC(=O)[C@@H]2C[C@](C)(CBr)N(C(=O)OC(C)(C)C)/C(=N/C(=O)OC(C)(C)C)N12. The van der Waals surface area contributed by atoms with E-state index in [9.17, 15) is 14.4 Å². The minimum atomic E-state index is -0.901. The largest absolute Gasteiger partial charge is 0.462 e. The maximum Gasteiger partial charge on any atom is 0.437 e. The maximum atomic E-state index is 13.4. The average molecular weight is 518 g/mol. The molecule has 2 saturated heterocycles. The number of ether oxygens (including phenoxy) is 3. The molecule has 2 fully saturated rings. The molecule has 2 aliphatic rings. The number of fused-ring (bicyclic) bond motifs is 1. The van der Waals surface area contributed by atoms with Crippen molar-refractivity contribution in [2.75, 3.05) is 11.9 Å². The molecule has 32 heavy (non-hydrogen) atoms. The molecule has 2 amide bonds. The second kappa shape index (κ2) is 9.19. The number of hydrogen-bond donors (Lipinski definition) is 0. The normalized spacial score (nSPS) is 27.8. The summed E-state index contributed by atoms with van der Waals surface area (Å²) in [6.45, 7) is 16.4. The van der Waals surface area contributed by atoms with Crippen LogP contribution in [0.1, 0.15) is 68.7 Å². The fourth-order valence-corrected chi connectivity index (χ4v) is 4.21. The molecule has 2 heterocycles. The molecule has 10 heteroatoms. The Bertz CT molecular complexity index is 786. The Labute approximate surface area is 198 Å². The van der Waals surface area contributed by atoms with E-state index < -0.39 is 40.9 Å². The molecule has 0 radical (unpaired) electrons. The highest BCUT2D eigenvalue weighted by Crippen LogP contribution is 2.38. The lowest BCUT2D eigenvalue weighted by molar-refractivity contribution is -0.164. The van der Waals surface area contributed by atoms with Crippen molar-refractivity contribution in [2.24, 2.45) is 10.9 Å². The molecular formula is C22H36BrN3O6. The highest BCUT2D eigenvalue weighted by atomic mass is 79.9. The minimum Gasteiger partial charge on any atom is -0.462 e. The number of cyclic esters (lactones) is 1. The molecule has 182 valence electrons. The van der Waals surface area contributed by atoms with Gasteiger partial charge in [0.15, 0.2) is 0 Å². The summed E-state index contributed by atoms with van der Waals surface area (Å²) in [4.78, 5) is 46.3. The quantitative estimate of drug-likeness (QED) is 0.305. The Morgan fingerprint density at radius 2 is 1.75 bits per heavy atom. The fraction of sp³-hybridized carbons (Fsp3) is 0.818. The average Bonchev–Trinajstić information content (AvgIpc) is 2.59. The van der Waals surface area contributed by atoms with Gasteiger partial charge in [0.05, 0.1) is 11.6 Å². The zero-order valence-corrected chi connectivity index (χ0v) is 22.1. The van der Waals surface area contributed by atoms with Crippen LogP contribution in [-0.2, 0) is 19.0 Å². The zero-order valence-electron chi connectivity index (χ0n) is 20.5. The Balaban J connectivity index is 2.69. The van der Waals surface area contributed by atoms with Crippen LogP contribution in [0.5, 0.6) is 0 Å². The van der Waals surface area contributed by atoms with Crippen molar-refractivity contribution in [2.45, 2.75) is 97.6 Å². The van der Waals surface area contributed by atoms with Crippen molar-refractivity contribution in [3.05, 3.63) is 0 Å². The van der Waals surface area contributed by atoms with Crippen LogP contribution in [0, 0.1) is 5.92 Å². The lowest BCUT2D eigenvalue weighted by Gasteiger charge is -2.55. The number of esters is 1. The van der Waals surface area contributed by atoms with E-state index in [1.54, 1.807) is 46.4 Å². The molecule has 0 aromatic carbocycles. The van der Waals surface area contributed by atoms with E-state index in [0.29, 0.717) is 5.33 Å². The maximum absolute atomic E-state index is 13.4. The molecule has 2 aliphatic heterocycles. The Morgan fingerprint density at radius 3 is 2.22 bits per heavy atom. The number of halogens is 1. The van der Waals surface area contributed by atoms with Gasteiger partial charge >= 0.3 is 18.2 Å². The third kappa shape index (κ3) is 5.94. The molecule has 0 bridgehead atoms. The molecule has 2 rings (SSSR count). The Hall–Kier alpha value is -1.84. The number of hydrogen-bond acceptors (Lipinski definition) is 6. The summed E-state index contributed by atoms with van der Waals surface area (Å²) in [6, 6.07) is -0.970. The number of guanidine groups is 1. The number of carbonyl (C=O) groups is 3. The van der Waals surface area contributed by atoms with Crippen LogP contribution < -0.4 is 0 Å². The van der Waals surface area contributed by atoms with Crippen LogP contribution in [0.25, 0.3) is 0 Å². The van der Waals surface area contributed by atoms with Gasteiger partial charge in [-0.25, -0.2) is 19.3 Å².